The molecule has 1 fully saturated rings. The third-order valence-corrected chi connectivity index (χ3v) is 3.35. The second-order valence-corrected chi connectivity index (χ2v) is 4.71. The number of nitrogen functional groups attached to an aromatic ring is 1. The van der Waals surface area contributed by atoms with Crippen molar-refractivity contribution in [1.29, 1.82) is 0 Å². The van der Waals surface area contributed by atoms with E-state index in [0.717, 1.165) is 11.3 Å². The van der Waals surface area contributed by atoms with Crippen LogP contribution in [0.2, 0.25) is 0 Å². The Morgan fingerprint density at radius 3 is 2.89 bits per heavy atom. The number of ether oxygens (including phenoxy) is 1. The SMILES string of the molecule is CC1COCCN1C(=O)CCc1ccccc1N.Cl. The van der Waals surface area contributed by atoms with Gasteiger partial charge in [-0.25, -0.2) is 0 Å². The van der Waals surface area contributed by atoms with Crippen LogP contribution in [0.5, 0.6) is 0 Å². The summed E-state index contributed by atoms with van der Waals surface area (Å²) in [4.78, 5) is 14.0. The second-order valence-electron chi connectivity index (χ2n) is 4.71. The molecule has 106 valence electrons. The van der Waals surface area contributed by atoms with Crippen LogP contribution in [0.4, 0.5) is 5.69 Å². The van der Waals surface area contributed by atoms with Crippen molar-refractivity contribution in [1.82, 2.24) is 4.90 Å². The number of aryl methyl sites for hydroxylation is 1. The molecule has 0 bridgehead atoms. The average molecular weight is 285 g/mol. The van der Waals surface area contributed by atoms with Gasteiger partial charge in [-0.1, -0.05) is 18.2 Å². The minimum atomic E-state index is 0. The molecule has 0 radical (unpaired) electrons. The lowest BCUT2D eigenvalue weighted by atomic mass is 10.1. The maximum atomic E-state index is 12.1. The minimum Gasteiger partial charge on any atom is -0.399 e. The van der Waals surface area contributed by atoms with Crippen molar-refractivity contribution in [2.75, 3.05) is 25.5 Å². The van der Waals surface area contributed by atoms with Gasteiger partial charge in [0.1, 0.15) is 0 Å². The molecule has 1 aromatic rings. The van der Waals surface area contributed by atoms with Gasteiger partial charge in [-0.15, -0.1) is 12.4 Å². The number of hydrogen-bond donors (Lipinski definition) is 1. The predicted molar refractivity (Wildman–Crippen MR) is 78.4 cm³/mol. The maximum absolute atomic E-state index is 12.1. The molecule has 0 aliphatic carbocycles. The van der Waals surface area contributed by atoms with Crippen molar-refractivity contribution in [2.24, 2.45) is 0 Å². The maximum Gasteiger partial charge on any atom is 0.223 e. The summed E-state index contributed by atoms with van der Waals surface area (Å²) in [6, 6.07) is 7.89. The number of halogens is 1. The third-order valence-electron chi connectivity index (χ3n) is 3.35. The Bertz CT molecular complexity index is 426. The number of rotatable bonds is 3. The fraction of sp³-hybridized carbons (Fsp3) is 0.500. The Balaban J connectivity index is 0.00000180. The third kappa shape index (κ3) is 4.11. The van der Waals surface area contributed by atoms with Crippen molar-refractivity contribution >= 4 is 24.0 Å². The summed E-state index contributed by atoms with van der Waals surface area (Å²) < 4.78 is 5.33. The highest BCUT2D eigenvalue weighted by molar-refractivity contribution is 5.85. The first-order chi connectivity index (χ1) is 8.68. The fourth-order valence-electron chi connectivity index (χ4n) is 2.24. The molecule has 1 unspecified atom stereocenters. The average Bonchev–Trinajstić information content (AvgIpc) is 2.38. The number of para-hydroxylation sites is 1. The molecule has 4 nitrogen and oxygen atoms in total. The first-order valence-electron chi connectivity index (χ1n) is 6.39. The highest BCUT2D eigenvalue weighted by Gasteiger charge is 2.23. The number of nitrogens with zero attached hydrogens (tertiary/aromatic N) is 1. The topological polar surface area (TPSA) is 55.6 Å². The van der Waals surface area contributed by atoms with Gasteiger partial charge in [0.2, 0.25) is 5.91 Å². The van der Waals surface area contributed by atoms with Gasteiger partial charge in [0.25, 0.3) is 0 Å². The number of nitrogens with two attached hydrogens (primary N) is 1. The Morgan fingerprint density at radius 1 is 1.47 bits per heavy atom. The lowest BCUT2D eigenvalue weighted by molar-refractivity contribution is -0.139. The van der Waals surface area contributed by atoms with Crippen molar-refractivity contribution in [3.8, 4) is 0 Å². The van der Waals surface area contributed by atoms with Gasteiger partial charge < -0.3 is 15.4 Å². The second kappa shape index (κ2) is 7.36. The molecule has 2 N–H and O–H groups in total. The molecule has 0 spiro atoms. The van der Waals surface area contributed by atoms with Crippen LogP contribution in [0, 0.1) is 0 Å². The number of benzene rings is 1. The van der Waals surface area contributed by atoms with E-state index in [4.69, 9.17) is 10.5 Å². The summed E-state index contributed by atoms with van der Waals surface area (Å²) in [5.74, 6) is 0.189. The van der Waals surface area contributed by atoms with E-state index in [-0.39, 0.29) is 24.4 Å². The first-order valence-corrected chi connectivity index (χ1v) is 6.39. The van der Waals surface area contributed by atoms with E-state index in [1.54, 1.807) is 0 Å². The molecular weight excluding hydrogens is 264 g/mol. The number of carbonyl (C=O) groups is 1. The Hall–Kier alpha value is -1.26. The summed E-state index contributed by atoms with van der Waals surface area (Å²) in [5, 5.41) is 0. The van der Waals surface area contributed by atoms with E-state index in [2.05, 4.69) is 0 Å². The molecular formula is C14H21ClN2O2. The van der Waals surface area contributed by atoms with E-state index < -0.39 is 0 Å². The van der Waals surface area contributed by atoms with Crippen molar-refractivity contribution in [2.45, 2.75) is 25.8 Å². The van der Waals surface area contributed by atoms with E-state index in [1.807, 2.05) is 36.1 Å². The zero-order chi connectivity index (χ0) is 13.0. The molecule has 1 aromatic carbocycles. The zero-order valence-corrected chi connectivity index (χ0v) is 12.0. The van der Waals surface area contributed by atoms with Crippen LogP contribution in [-0.2, 0) is 16.0 Å². The number of carbonyl (C=O) groups excluding carboxylic acids is 1. The van der Waals surface area contributed by atoms with Gasteiger partial charge in [-0.2, -0.15) is 0 Å². The first kappa shape index (κ1) is 15.8. The standard InChI is InChI=1S/C14H20N2O2.ClH/c1-11-10-18-9-8-16(11)14(17)7-6-12-4-2-3-5-13(12)15;/h2-5,11H,6-10,15H2,1H3;1H. The highest BCUT2D eigenvalue weighted by atomic mass is 35.5. The van der Waals surface area contributed by atoms with Crippen LogP contribution >= 0.6 is 12.4 Å². The van der Waals surface area contributed by atoms with E-state index in [9.17, 15) is 4.79 Å². The number of anilines is 1. The van der Waals surface area contributed by atoms with Crippen LogP contribution in [0.3, 0.4) is 0 Å². The fourth-order valence-corrected chi connectivity index (χ4v) is 2.24. The summed E-state index contributed by atoms with van der Waals surface area (Å²) in [7, 11) is 0. The van der Waals surface area contributed by atoms with Crippen molar-refractivity contribution < 1.29 is 9.53 Å². The van der Waals surface area contributed by atoms with E-state index in [0.29, 0.717) is 32.6 Å². The van der Waals surface area contributed by atoms with Crippen LogP contribution in [0.15, 0.2) is 24.3 Å². The molecule has 0 saturated carbocycles. The Morgan fingerprint density at radius 2 is 2.21 bits per heavy atom. The number of amides is 1. The molecule has 5 heteroatoms. The smallest absolute Gasteiger partial charge is 0.223 e. The molecule has 2 rings (SSSR count). The van der Waals surface area contributed by atoms with Crippen LogP contribution in [0.1, 0.15) is 18.9 Å². The summed E-state index contributed by atoms with van der Waals surface area (Å²) in [6.07, 6.45) is 1.22. The molecule has 1 aliphatic heterocycles. The molecule has 1 heterocycles. The van der Waals surface area contributed by atoms with Gasteiger partial charge in [0, 0.05) is 18.7 Å². The largest absolute Gasteiger partial charge is 0.399 e. The van der Waals surface area contributed by atoms with E-state index in [1.165, 1.54) is 0 Å². The predicted octanol–water partition coefficient (Wildman–Crippen LogP) is 1.87. The Labute approximate surface area is 120 Å². The summed E-state index contributed by atoms with van der Waals surface area (Å²) in [5.41, 5.74) is 7.68. The van der Waals surface area contributed by atoms with Crippen LogP contribution in [-0.4, -0.2) is 36.6 Å². The quantitative estimate of drug-likeness (QED) is 0.862. The minimum absolute atomic E-state index is 0. The van der Waals surface area contributed by atoms with Crippen LogP contribution < -0.4 is 5.73 Å². The Kier molecular flexibility index (Phi) is 6.12. The number of morpholine rings is 1. The van der Waals surface area contributed by atoms with Gasteiger partial charge >= 0.3 is 0 Å². The molecule has 0 aromatic heterocycles. The molecule has 1 aliphatic rings. The summed E-state index contributed by atoms with van der Waals surface area (Å²) >= 11 is 0. The lowest BCUT2D eigenvalue weighted by Crippen LogP contribution is -2.47. The van der Waals surface area contributed by atoms with Crippen LogP contribution in [0.25, 0.3) is 0 Å². The molecule has 1 atom stereocenters. The summed E-state index contributed by atoms with van der Waals surface area (Å²) in [6.45, 7) is 4.00. The zero-order valence-electron chi connectivity index (χ0n) is 11.2. The lowest BCUT2D eigenvalue weighted by Gasteiger charge is -2.33. The van der Waals surface area contributed by atoms with Gasteiger partial charge in [0.15, 0.2) is 0 Å². The van der Waals surface area contributed by atoms with E-state index >= 15 is 0 Å². The van der Waals surface area contributed by atoms with Gasteiger partial charge in [-0.3, -0.25) is 4.79 Å². The van der Waals surface area contributed by atoms with Gasteiger partial charge in [0.05, 0.1) is 19.3 Å². The highest BCUT2D eigenvalue weighted by Crippen LogP contribution is 2.15. The molecule has 1 amide bonds. The monoisotopic (exact) mass is 284 g/mol. The van der Waals surface area contributed by atoms with Gasteiger partial charge in [-0.05, 0) is 25.0 Å². The van der Waals surface area contributed by atoms with Crippen molar-refractivity contribution in [3.63, 3.8) is 0 Å². The number of hydrogen-bond acceptors (Lipinski definition) is 3. The molecule has 1 saturated heterocycles. The normalized spacial score (nSPS) is 18.8. The van der Waals surface area contributed by atoms with Crippen molar-refractivity contribution in [3.05, 3.63) is 29.8 Å². The molecule has 19 heavy (non-hydrogen) atoms.